The van der Waals surface area contributed by atoms with Crippen molar-refractivity contribution in [2.24, 2.45) is 0 Å². The number of hydrogen-bond donors (Lipinski definition) is 3. The van der Waals surface area contributed by atoms with E-state index in [2.05, 4.69) is 4.74 Å². The Morgan fingerprint density at radius 3 is 2.40 bits per heavy atom. The molecule has 1 aromatic rings. The van der Waals surface area contributed by atoms with E-state index in [0.29, 0.717) is 0 Å². The predicted molar refractivity (Wildman–Crippen MR) is 56.3 cm³/mol. The Labute approximate surface area is 155 Å². The number of carboxylic acid groups (broad SMARTS) is 2. The van der Waals surface area contributed by atoms with E-state index in [9.17, 15) is 24.6 Å². The third-order valence-corrected chi connectivity index (χ3v) is 2.07. The van der Waals surface area contributed by atoms with E-state index < -0.39 is 47.5 Å². The summed E-state index contributed by atoms with van der Waals surface area (Å²) < 4.78 is 4.54. The molecule has 1 atom stereocenters. The maximum Gasteiger partial charge on any atom is 1.00 e. The minimum Gasteiger partial charge on any atom is -0.547 e. The van der Waals surface area contributed by atoms with E-state index in [1.165, 1.54) is 6.07 Å². The number of ether oxygens (including phenoxy) is 1. The number of benzene rings is 1. The molecule has 1 unspecified atom stereocenters. The Morgan fingerprint density at radius 2 is 1.90 bits per heavy atom. The van der Waals surface area contributed by atoms with Gasteiger partial charge in [0.05, 0.1) is 12.4 Å². The van der Waals surface area contributed by atoms with Crippen LogP contribution in [0, 0.1) is 0 Å². The molecule has 102 valence electrons. The van der Waals surface area contributed by atoms with Crippen molar-refractivity contribution in [1.82, 2.24) is 0 Å². The third kappa shape index (κ3) is 5.19. The van der Waals surface area contributed by atoms with Crippen LogP contribution in [0.25, 0.3) is 0 Å². The molecule has 20 heavy (non-hydrogen) atoms. The van der Waals surface area contributed by atoms with Gasteiger partial charge in [-0.25, -0.2) is 4.79 Å². The fourth-order valence-electron chi connectivity index (χ4n) is 1.20. The van der Waals surface area contributed by atoms with Crippen LogP contribution in [-0.4, -0.2) is 39.3 Å². The predicted octanol–water partition coefficient (Wildman–Crippen LogP) is -4.50. The van der Waals surface area contributed by atoms with Crippen LogP contribution in [0.3, 0.4) is 0 Å². The molecular formula is C11H9KO8. The number of aromatic hydroxyl groups is 1. The molecule has 0 aromatic heterocycles. The molecule has 0 amide bonds. The molecule has 1 aromatic carbocycles. The number of phenols is 1. The normalized spacial score (nSPS) is 11.1. The zero-order valence-electron chi connectivity index (χ0n) is 10.4. The molecule has 0 radical (unpaired) electrons. The molecule has 9 heteroatoms. The van der Waals surface area contributed by atoms with Crippen molar-refractivity contribution >= 4 is 17.9 Å². The van der Waals surface area contributed by atoms with Gasteiger partial charge in [0.1, 0.15) is 11.7 Å². The number of aromatic carboxylic acids is 1. The monoisotopic (exact) mass is 308 g/mol. The van der Waals surface area contributed by atoms with Crippen LogP contribution in [0.5, 0.6) is 11.5 Å². The maximum atomic E-state index is 11.3. The standard InChI is InChI=1S/C11H10O8.K/c12-6-3-1-2-5(10(15)16)9(6)19-8(14)4-7(13)11(17)18;/h1-3,7,12-13H,4H2,(H,15,16)(H,17,18);/q;+1/p-1. The van der Waals surface area contributed by atoms with Crippen molar-refractivity contribution in [2.45, 2.75) is 12.5 Å². The Hall–Kier alpha value is -0.974. The quantitative estimate of drug-likeness (QED) is 0.280. The third-order valence-electron chi connectivity index (χ3n) is 2.07. The van der Waals surface area contributed by atoms with Crippen LogP contribution < -0.4 is 61.2 Å². The van der Waals surface area contributed by atoms with E-state index in [-0.39, 0.29) is 51.4 Å². The summed E-state index contributed by atoms with van der Waals surface area (Å²) in [5.74, 6) is -5.76. The Morgan fingerprint density at radius 1 is 1.30 bits per heavy atom. The van der Waals surface area contributed by atoms with Crippen LogP contribution in [0.4, 0.5) is 0 Å². The van der Waals surface area contributed by atoms with Crippen molar-refractivity contribution in [2.75, 3.05) is 0 Å². The topological polar surface area (TPSA) is 144 Å². The van der Waals surface area contributed by atoms with Gasteiger partial charge < -0.3 is 30.0 Å². The second-order valence-electron chi connectivity index (χ2n) is 3.47. The number of para-hydroxylation sites is 1. The molecule has 1 rings (SSSR count). The molecule has 0 saturated carbocycles. The van der Waals surface area contributed by atoms with Gasteiger partial charge in [0.25, 0.3) is 0 Å². The summed E-state index contributed by atoms with van der Waals surface area (Å²) in [4.78, 5) is 32.3. The second kappa shape index (κ2) is 8.34. The fraction of sp³-hybridized carbons (Fsp3) is 0.182. The van der Waals surface area contributed by atoms with Crippen LogP contribution in [0.15, 0.2) is 18.2 Å². The van der Waals surface area contributed by atoms with Gasteiger partial charge in [-0.1, -0.05) is 6.07 Å². The molecular weight excluding hydrogens is 299 g/mol. The molecule has 0 spiro atoms. The first-order valence-corrected chi connectivity index (χ1v) is 4.97. The smallest absolute Gasteiger partial charge is 0.547 e. The molecule has 0 aliphatic rings. The molecule has 3 N–H and O–H groups in total. The Balaban J connectivity index is 0.00000361. The van der Waals surface area contributed by atoms with Crippen molar-refractivity contribution in [3.8, 4) is 11.5 Å². The van der Waals surface area contributed by atoms with Gasteiger partial charge in [0.2, 0.25) is 0 Å². The van der Waals surface area contributed by atoms with Crippen molar-refractivity contribution < 1.29 is 90.9 Å². The van der Waals surface area contributed by atoms with Crippen LogP contribution >= 0.6 is 0 Å². The summed E-state index contributed by atoms with van der Waals surface area (Å²) in [5.41, 5.74) is -0.476. The van der Waals surface area contributed by atoms with Gasteiger partial charge >= 0.3 is 63.3 Å². The molecule has 0 saturated heterocycles. The number of carbonyl (C=O) groups is 3. The summed E-state index contributed by atoms with van der Waals surface area (Å²) in [6, 6.07) is 3.40. The summed E-state index contributed by atoms with van der Waals surface area (Å²) in [6.45, 7) is 0. The zero-order valence-corrected chi connectivity index (χ0v) is 13.5. The van der Waals surface area contributed by atoms with E-state index in [4.69, 9.17) is 10.2 Å². The molecule has 0 aliphatic carbocycles. The summed E-state index contributed by atoms with van der Waals surface area (Å²) in [6.07, 6.45) is -3.01. The van der Waals surface area contributed by atoms with E-state index in [0.717, 1.165) is 12.1 Å². The zero-order chi connectivity index (χ0) is 14.6. The average molecular weight is 308 g/mol. The van der Waals surface area contributed by atoms with Crippen LogP contribution in [0.2, 0.25) is 0 Å². The molecule has 0 heterocycles. The van der Waals surface area contributed by atoms with Crippen LogP contribution in [0.1, 0.15) is 16.8 Å². The average Bonchev–Trinajstić information content (AvgIpc) is 2.31. The first kappa shape index (κ1) is 19.0. The number of carbonyl (C=O) groups excluding carboxylic acids is 2. The molecule has 8 nitrogen and oxygen atoms in total. The number of aliphatic carboxylic acids is 1. The number of rotatable bonds is 5. The number of carboxylic acids is 2. The minimum atomic E-state index is -2.08. The SMILES string of the molecule is O=C(CC(O)C(=O)[O-])Oc1c(O)cccc1C(=O)O.[K+]. The Bertz CT molecular complexity index is 527. The van der Waals surface area contributed by atoms with Gasteiger partial charge in [-0.2, -0.15) is 0 Å². The summed E-state index contributed by atoms with van der Waals surface area (Å²) in [7, 11) is 0. The number of hydrogen-bond acceptors (Lipinski definition) is 7. The molecule has 0 bridgehead atoms. The number of aliphatic hydroxyl groups excluding tert-OH is 1. The van der Waals surface area contributed by atoms with Gasteiger partial charge in [0, 0.05) is 0 Å². The van der Waals surface area contributed by atoms with E-state index in [1.807, 2.05) is 0 Å². The first-order chi connectivity index (χ1) is 8.82. The van der Waals surface area contributed by atoms with Gasteiger partial charge in [-0.3, -0.25) is 4.79 Å². The second-order valence-corrected chi connectivity index (χ2v) is 3.47. The van der Waals surface area contributed by atoms with E-state index in [1.54, 1.807) is 0 Å². The van der Waals surface area contributed by atoms with Crippen molar-refractivity contribution in [1.29, 1.82) is 0 Å². The summed E-state index contributed by atoms with van der Waals surface area (Å²) in [5, 5.41) is 37.3. The molecule has 0 aliphatic heterocycles. The van der Waals surface area contributed by atoms with Crippen molar-refractivity contribution in [3.63, 3.8) is 0 Å². The first-order valence-electron chi connectivity index (χ1n) is 4.97. The number of aliphatic hydroxyl groups is 1. The Kier molecular flexibility index (Phi) is 7.94. The summed E-state index contributed by atoms with van der Waals surface area (Å²) >= 11 is 0. The largest absolute Gasteiger partial charge is 1.00 e. The van der Waals surface area contributed by atoms with E-state index >= 15 is 0 Å². The van der Waals surface area contributed by atoms with Gasteiger partial charge in [-0.15, -0.1) is 0 Å². The molecule has 0 fully saturated rings. The maximum absolute atomic E-state index is 11.3. The van der Waals surface area contributed by atoms with Crippen LogP contribution in [-0.2, 0) is 9.59 Å². The van der Waals surface area contributed by atoms with Gasteiger partial charge in [-0.05, 0) is 12.1 Å². The number of phenolic OH excluding ortho intramolecular Hbond substituents is 1. The number of esters is 1. The fourth-order valence-corrected chi connectivity index (χ4v) is 1.20. The van der Waals surface area contributed by atoms with Gasteiger partial charge in [0.15, 0.2) is 11.5 Å². The van der Waals surface area contributed by atoms with Crippen molar-refractivity contribution in [3.05, 3.63) is 23.8 Å². The minimum absolute atomic E-state index is 0.